The second-order valence-corrected chi connectivity index (χ2v) is 6.52. The number of hydrogen-bond acceptors (Lipinski definition) is 5. The number of hydrogen-bond donors (Lipinski definition) is 0. The number of fused-ring (bicyclic) bond motifs is 4. The predicted molar refractivity (Wildman–Crippen MR) is 100 cm³/mol. The number of anilines is 3. The van der Waals surface area contributed by atoms with Crippen LogP contribution in [-0.4, -0.2) is 23.2 Å². The average molecular weight is 330 g/mol. The van der Waals surface area contributed by atoms with Crippen molar-refractivity contribution >= 4 is 39.3 Å². The molecule has 0 fully saturated rings. The molecule has 1 aliphatic heterocycles. The summed E-state index contributed by atoms with van der Waals surface area (Å²) in [4.78, 5) is 13.5. The predicted octanol–water partition coefficient (Wildman–Crippen LogP) is 4.62. The standard InChI is InChI=1S/C20H18N4O/c1-12-8-9-14-15-6-4-11-22-20(15)25-18(14)17(12)24-13(2)23(3)16-7-5-10-21-19(16)24/h4-11,13H,1-3H3. The van der Waals surface area contributed by atoms with E-state index in [0.717, 1.165) is 39.1 Å². The number of aromatic nitrogens is 2. The van der Waals surface area contributed by atoms with Gasteiger partial charge in [0.2, 0.25) is 5.71 Å². The Morgan fingerprint density at radius 2 is 1.80 bits per heavy atom. The Balaban J connectivity index is 1.85. The molecule has 5 heteroatoms. The zero-order valence-electron chi connectivity index (χ0n) is 14.4. The number of nitrogens with zero attached hydrogens (tertiary/aromatic N) is 4. The largest absolute Gasteiger partial charge is 0.435 e. The third-order valence-electron chi connectivity index (χ3n) is 5.14. The van der Waals surface area contributed by atoms with Gasteiger partial charge in [-0.3, -0.25) is 0 Å². The van der Waals surface area contributed by atoms with Gasteiger partial charge >= 0.3 is 0 Å². The van der Waals surface area contributed by atoms with Gasteiger partial charge in [-0.05, 0) is 43.7 Å². The Hall–Kier alpha value is -3.08. The van der Waals surface area contributed by atoms with Crippen LogP contribution in [0.3, 0.4) is 0 Å². The van der Waals surface area contributed by atoms with Gasteiger partial charge in [-0.25, -0.2) is 9.97 Å². The van der Waals surface area contributed by atoms with Crippen molar-refractivity contribution in [1.82, 2.24) is 9.97 Å². The molecule has 0 N–H and O–H groups in total. The van der Waals surface area contributed by atoms with E-state index >= 15 is 0 Å². The van der Waals surface area contributed by atoms with Gasteiger partial charge in [-0.2, -0.15) is 0 Å². The molecule has 124 valence electrons. The zero-order valence-corrected chi connectivity index (χ0v) is 14.4. The molecular weight excluding hydrogens is 312 g/mol. The van der Waals surface area contributed by atoms with E-state index in [1.54, 1.807) is 6.20 Å². The molecule has 1 aliphatic rings. The molecule has 5 rings (SSSR count). The summed E-state index contributed by atoms with van der Waals surface area (Å²) in [5.41, 5.74) is 4.89. The Morgan fingerprint density at radius 3 is 2.68 bits per heavy atom. The van der Waals surface area contributed by atoms with E-state index in [1.807, 2.05) is 18.3 Å². The van der Waals surface area contributed by atoms with Crippen LogP contribution in [0.4, 0.5) is 17.2 Å². The molecule has 0 saturated carbocycles. The molecule has 3 aromatic heterocycles. The number of rotatable bonds is 1. The number of pyridine rings is 2. The highest BCUT2D eigenvalue weighted by molar-refractivity contribution is 6.09. The molecule has 1 atom stereocenters. The third kappa shape index (κ3) is 1.83. The summed E-state index contributed by atoms with van der Waals surface area (Å²) in [7, 11) is 2.10. The quantitative estimate of drug-likeness (QED) is 0.509. The van der Waals surface area contributed by atoms with E-state index in [0.29, 0.717) is 5.71 Å². The smallest absolute Gasteiger partial charge is 0.227 e. The molecule has 0 aliphatic carbocycles. The monoisotopic (exact) mass is 330 g/mol. The van der Waals surface area contributed by atoms with Gasteiger partial charge in [0.05, 0.1) is 11.4 Å². The summed E-state index contributed by atoms with van der Waals surface area (Å²) in [6, 6.07) is 12.3. The highest BCUT2D eigenvalue weighted by Crippen LogP contribution is 2.46. The van der Waals surface area contributed by atoms with E-state index in [4.69, 9.17) is 4.42 Å². The summed E-state index contributed by atoms with van der Waals surface area (Å²) >= 11 is 0. The molecule has 0 saturated heterocycles. The topological polar surface area (TPSA) is 45.4 Å². The van der Waals surface area contributed by atoms with Crippen LogP contribution < -0.4 is 9.80 Å². The van der Waals surface area contributed by atoms with Crippen LogP contribution in [0.1, 0.15) is 12.5 Å². The van der Waals surface area contributed by atoms with Crippen LogP contribution in [0.15, 0.2) is 53.2 Å². The first-order valence-electron chi connectivity index (χ1n) is 8.41. The van der Waals surface area contributed by atoms with E-state index < -0.39 is 0 Å². The molecule has 0 radical (unpaired) electrons. The van der Waals surface area contributed by atoms with Crippen LogP contribution in [0.2, 0.25) is 0 Å². The molecule has 5 nitrogen and oxygen atoms in total. The zero-order chi connectivity index (χ0) is 17.1. The molecular formula is C20H18N4O. The summed E-state index contributed by atoms with van der Waals surface area (Å²) < 4.78 is 6.18. The fraction of sp³-hybridized carbons (Fsp3) is 0.200. The molecule has 0 bridgehead atoms. The van der Waals surface area contributed by atoms with Crippen molar-refractivity contribution in [1.29, 1.82) is 0 Å². The minimum atomic E-state index is 0.148. The third-order valence-corrected chi connectivity index (χ3v) is 5.14. The van der Waals surface area contributed by atoms with Crippen LogP contribution in [0, 0.1) is 6.92 Å². The van der Waals surface area contributed by atoms with Crippen molar-refractivity contribution in [2.24, 2.45) is 0 Å². The normalized spacial score (nSPS) is 16.8. The average Bonchev–Trinajstić information content (AvgIpc) is 3.12. The van der Waals surface area contributed by atoms with Crippen molar-refractivity contribution in [2.45, 2.75) is 20.0 Å². The molecule has 0 amide bonds. The van der Waals surface area contributed by atoms with Crippen molar-refractivity contribution in [2.75, 3.05) is 16.8 Å². The first kappa shape index (κ1) is 14.3. The number of benzene rings is 1. The maximum atomic E-state index is 6.18. The van der Waals surface area contributed by atoms with Gasteiger partial charge in [0.1, 0.15) is 6.17 Å². The van der Waals surface area contributed by atoms with Gasteiger partial charge in [0, 0.05) is 30.2 Å². The maximum Gasteiger partial charge on any atom is 0.227 e. The van der Waals surface area contributed by atoms with Crippen LogP contribution in [-0.2, 0) is 0 Å². The van der Waals surface area contributed by atoms with Gasteiger partial charge < -0.3 is 14.2 Å². The SMILES string of the molecule is Cc1ccc2c(oc3ncccc32)c1N1c2ncccc2N(C)C1C. The molecule has 4 aromatic rings. The highest BCUT2D eigenvalue weighted by atomic mass is 16.3. The first-order valence-corrected chi connectivity index (χ1v) is 8.41. The van der Waals surface area contributed by atoms with E-state index in [-0.39, 0.29) is 6.17 Å². The van der Waals surface area contributed by atoms with E-state index in [9.17, 15) is 0 Å². The lowest BCUT2D eigenvalue weighted by Crippen LogP contribution is -2.36. The minimum absolute atomic E-state index is 0.148. The van der Waals surface area contributed by atoms with Gasteiger partial charge in [-0.15, -0.1) is 0 Å². The molecule has 25 heavy (non-hydrogen) atoms. The van der Waals surface area contributed by atoms with Crippen LogP contribution >= 0.6 is 0 Å². The first-order chi connectivity index (χ1) is 12.2. The van der Waals surface area contributed by atoms with Crippen molar-refractivity contribution in [3.8, 4) is 0 Å². The van der Waals surface area contributed by atoms with Gasteiger partial charge in [0.25, 0.3) is 0 Å². The molecule has 1 unspecified atom stereocenters. The summed E-state index contributed by atoms with van der Waals surface area (Å²) in [6.07, 6.45) is 3.75. The maximum absolute atomic E-state index is 6.18. The summed E-state index contributed by atoms with van der Waals surface area (Å²) in [6.45, 7) is 4.30. The van der Waals surface area contributed by atoms with Gasteiger partial charge in [0.15, 0.2) is 11.4 Å². The van der Waals surface area contributed by atoms with Crippen LogP contribution in [0.25, 0.3) is 22.1 Å². The van der Waals surface area contributed by atoms with Crippen molar-refractivity contribution in [3.63, 3.8) is 0 Å². The molecule has 4 heterocycles. The number of aryl methyl sites for hydroxylation is 1. The Labute approximate surface area is 145 Å². The lowest BCUT2D eigenvalue weighted by atomic mass is 10.1. The lowest BCUT2D eigenvalue weighted by Gasteiger charge is -2.28. The van der Waals surface area contributed by atoms with Crippen molar-refractivity contribution in [3.05, 3.63) is 54.4 Å². The summed E-state index contributed by atoms with van der Waals surface area (Å²) in [5.74, 6) is 0.960. The summed E-state index contributed by atoms with van der Waals surface area (Å²) in [5, 5.41) is 2.13. The number of furan rings is 1. The van der Waals surface area contributed by atoms with E-state index in [1.165, 1.54) is 0 Å². The highest BCUT2D eigenvalue weighted by Gasteiger charge is 2.35. The molecule has 1 aromatic carbocycles. The Bertz CT molecular complexity index is 1120. The Morgan fingerprint density at radius 1 is 1.00 bits per heavy atom. The van der Waals surface area contributed by atoms with Crippen LogP contribution in [0.5, 0.6) is 0 Å². The molecule has 0 spiro atoms. The fourth-order valence-electron chi connectivity index (χ4n) is 3.75. The van der Waals surface area contributed by atoms with E-state index in [2.05, 4.69) is 64.9 Å². The lowest BCUT2D eigenvalue weighted by molar-refractivity contribution is 0.648. The minimum Gasteiger partial charge on any atom is -0.435 e. The van der Waals surface area contributed by atoms with Gasteiger partial charge in [-0.1, -0.05) is 12.1 Å². The van der Waals surface area contributed by atoms with Crippen molar-refractivity contribution < 1.29 is 4.42 Å². The second kappa shape index (κ2) is 4.96. The Kier molecular flexibility index (Phi) is 2.83. The fourth-order valence-corrected chi connectivity index (χ4v) is 3.75. The second-order valence-electron chi connectivity index (χ2n) is 6.52.